The molecule has 0 bridgehead atoms. The molecule has 1 saturated carbocycles. The molecule has 0 aromatic heterocycles. The van der Waals surface area contributed by atoms with E-state index in [9.17, 15) is 4.79 Å². The Morgan fingerprint density at radius 1 is 0.895 bits per heavy atom. The van der Waals surface area contributed by atoms with E-state index < -0.39 is 5.97 Å². The minimum atomic E-state index is -0.639. The molecule has 1 aliphatic rings. The first-order valence-electron chi connectivity index (χ1n) is 8.45. The van der Waals surface area contributed by atoms with E-state index in [4.69, 9.17) is 5.11 Å². The van der Waals surface area contributed by atoms with Crippen LogP contribution in [0.25, 0.3) is 0 Å². The Labute approximate surface area is 119 Å². The largest absolute Gasteiger partial charge is 0.481 e. The van der Waals surface area contributed by atoms with Crippen molar-refractivity contribution in [1.29, 1.82) is 0 Å². The van der Waals surface area contributed by atoms with Crippen LogP contribution in [0.1, 0.15) is 90.4 Å². The van der Waals surface area contributed by atoms with Gasteiger partial charge in [-0.2, -0.15) is 0 Å². The minimum absolute atomic E-state index is 0.362. The molecule has 0 amide bonds. The van der Waals surface area contributed by atoms with Gasteiger partial charge < -0.3 is 5.11 Å². The first-order valence-corrected chi connectivity index (χ1v) is 8.45. The van der Waals surface area contributed by atoms with Crippen molar-refractivity contribution in [2.24, 2.45) is 11.8 Å². The van der Waals surface area contributed by atoms with Gasteiger partial charge in [-0.3, -0.25) is 4.79 Å². The summed E-state index contributed by atoms with van der Waals surface area (Å²) in [7, 11) is 0. The van der Waals surface area contributed by atoms with E-state index >= 15 is 0 Å². The van der Waals surface area contributed by atoms with E-state index in [0.29, 0.717) is 6.42 Å². The number of carbonyl (C=O) groups is 1. The maximum Gasteiger partial charge on any atom is 0.303 e. The van der Waals surface area contributed by atoms with Crippen LogP contribution in [0.15, 0.2) is 0 Å². The SMILES string of the molecule is CCCCCCCCCCC1CC1CCCC(=O)O. The number of aliphatic carboxylic acids is 1. The van der Waals surface area contributed by atoms with Gasteiger partial charge >= 0.3 is 5.97 Å². The summed E-state index contributed by atoms with van der Waals surface area (Å²) < 4.78 is 0. The lowest BCUT2D eigenvalue weighted by atomic mass is 10.0. The van der Waals surface area contributed by atoms with Crippen molar-refractivity contribution < 1.29 is 9.90 Å². The quantitative estimate of drug-likeness (QED) is 0.453. The summed E-state index contributed by atoms with van der Waals surface area (Å²) in [6.45, 7) is 2.27. The summed E-state index contributed by atoms with van der Waals surface area (Å²) in [6.07, 6.45) is 16.4. The predicted molar refractivity (Wildman–Crippen MR) is 80.3 cm³/mol. The number of unbranched alkanes of at least 4 members (excludes halogenated alkanes) is 7. The molecule has 1 rings (SSSR count). The summed E-state index contributed by atoms with van der Waals surface area (Å²) in [5.41, 5.74) is 0. The summed E-state index contributed by atoms with van der Waals surface area (Å²) in [6, 6.07) is 0. The molecule has 0 aromatic rings. The van der Waals surface area contributed by atoms with Crippen LogP contribution >= 0.6 is 0 Å². The van der Waals surface area contributed by atoms with Gasteiger partial charge in [0.15, 0.2) is 0 Å². The second-order valence-electron chi connectivity index (χ2n) is 6.31. The molecule has 112 valence electrons. The molecule has 2 unspecified atom stereocenters. The Morgan fingerprint density at radius 3 is 2.00 bits per heavy atom. The summed E-state index contributed by atoms with van der Waals surface area (Å²) >= 11 is 0. The molecule has 0 aromatic carbocycles. The fraction of sp³-hybridized carbons (Fsp3) is 0.941. The van der Waals surface area contributed by atoms with Crippen molar-refractivity contribution in [2.75, 3.05) is 0 Å². The lowest BCUT2D eigenvalue weighted by Gasteiger charge is -2.02. The van der Waals surface area contributed by atoms with Gasteiger partial charge in [0.05, 0.1) is 0 Å². The molecular weight excluding hydrogens is 236 g/mol. The zero-order valence-electron chi connectivity index (χ0n) is 12.7. The van der Waals surface area contributed by atoms with Gasteiger partial charge in [0, 0.05) is 6.42 Å². The van der Waals surface area contributed by atoms with Crippen LogP contribution in [0.3, 0.4) is 0 Å². The molecule has 0 aliphatic heterocycles. The number of carboxylic acid groups (broad SMARTS) is 1. The normalized spacial score (nSPS) is 21.5. The van der Waals surface area contributed by atoms with Crippen LogP contribution in [-0.4, -0.2) is 11.1 Å². The topological polar surface area (TPSA) is 37.3 Å². The van der Waals surface area contributed by atoms with Crippen molar-refractivity contribution in [3.8, 4) is 0 Å². The highest BCUT2D eigenvalue weighted by molar-refractivity contribution is 5.66. The average Bonchev–Trinajstić information content (AvgIpc) is 3.11. The molecule has 2 nitrogen and oxygen atoms in total. The molecule has 0 spiro atoms. The number of rotatable bonds is 13. The molecular formula is C17H32O2. The number of hydrogen-bond donors (Lipinski definition) is 1. The molecule has 1 N–H and O–H groups in total. The van der Waals surface area contributed by atoms with E-state index in [1.54, 1.807) is 0 Å². The van der Waals surface area contributed by atoms with Gasteiger partial charge in [-0.15, -0.1) is 0 Å². The maximum absolute atomic E-state index is 10.4. The van der Waals surface area contributed by atoms with Crippen LogP contribution in [0.5, 0.6) is 0 Å². The van der Waals surface area contributed by atoms with Crippen molar-refractivity contribution >= 4 is 5.97 Å². The Morgan fingerprint density at radius 2 is 1.42 bits per heavy atom. The average molecular weight is 268 g/mol. The zero-order chi connectivity index (χ0) is 13.9. The highest BCUT2D eigenvalue weighted by Crippen LogP contribution is 2.45. The van der Waals surface area contributed by atoms with Gasteiger partial charge in [-0.05, 0) is 31.1 Å². The van der Waals surface area contributed by atoms with Crippen LogP contribution < -0.4 is 0 Å². The fourth-order valence-electron chi connectivity index (χ4n) is 3.07. The molecule has 19 heavy (non-hydrogen) atoms. The monoisotopic (exact) mass is 268 g/mol. The van der Waals surface area contributed by atoms with Gasteiger partial charge in [-0.25, -0.2) is 0 Å². The lowest BCUT2D eigenvalue weighted by molar-refractivity contribution is -0.137. The van der Waals surface area contributed by atoms with E-state index in [1.165, 1.54) is 64.2 Å². The van der Waals surface area contributed by atoms with Crippen molar-refractivity contribution in [1.82, 2.24) is 0 Å². The Balaban J connectivity index is 1.78. The predicted octanol–water partition coefficient (Wildman–Crippen LogP) is 5.41. The third-order valence-corrected chi connectivity index (χ3v) is 4.46. The highest BCUT2D eigenvalue weighted by Gasteiger charge is 2.35. The molecule has 1 aliphatic carbocycles. The first kappa shape index (κ1) is 16.5. The lowest BCUT2D eigenvalue weighted by Crippen LogP contribution is -1.94. The van der Waals surface area contributed by atoms with Crippen LogP contribution in [0, 0.1) is 11.8 Å². The van der Waals surface area contributed by atoms with Crippen LogP contribution in [0.2, 0.25) is 0 Å². The number of carboxylic acids is 1. The second-order valence-corrected chi connectivity index (χ2v) is 6.31. The highest BCUT2D eigenvalue weighted by atomic mass is 16.4. The van der Waals surface area contributed by atoms with E-state index in [2.05, 4.69) is 6.92 Å². The summed E-state index contributed by atoms with van der Waals surface area (Å²) in [5.74, 6) is 1.16. The first-order chi connectivity index (χ1) is 9.24. The van der Waals surface area contributed by atoms with Gasteiger partial charge in [0.25, 0.3) is 0 Å². The van der Waals surface area contributed by atoms with Crippen LogP contribution in [0.4, 0.5) is 0 Å². The standard InChI is InChI=1S/C17H32O2/c1-2-3-4-5-6-7-8-9-11-15-14-16(15)12-10-13-17(18)19/h15-16H,2-14H2,1H3,(H,18,19). The smallest absolute Gasteiger partial charge is 0.303 e. The molecule has 0 heterocycles. The molecule has 0 radical (unpaired) electrons. The Kier molecular flexibility index (Phi) is 8.94. The third-order valence-electron chi connectivity index (χ3n) is 4.46. The Hall–Kier alpha value is -0.530. The summed E-state index contributed by atoms with van der Waals surface area (Å²) in [4.78, 5) is 10.4. The minimum Gasteiger partial charge on any atom is -0.481 e. The fourth-order valence-corrected chi connectivity index (χ4v) is 3.07. The van der Waals surface area contributed by atoms with E-state index in [-0.39, 0.29) is 0 Å². The van der Waals surface area contributed by atoms with Crippen LogP contribution in [-0.2, 0) is 4.79 Å². The third kappa shape index (κ3) is 9.07. The van der Waals surface area contributed by atoms with Gasteiger partial charge in [0.1, 0.15) is 0 Å². The zero-order valence-corrected chi connectivity index (χ0v) is 12.7. The molecule has 2 atom stereocenters. The molecule has 0 saturated heterocycles. The Bertz CT molecular complexity index is 237. The van der Waals surface area contributed by atoms with Gasteiger partial charge in [0.2, 0.25) is 0 Å². The van der Waals surface area contributed by atoms with Crippen molar-refractivity contribution in [2.45, 2.75) is 90.4 Å². The van der Waals surface area contributed by atoms with E-state index in [1.807, 2.05) is 0 Å². The summed E-state index contributed by atoms with van der Waals surface area (Å²) in [5, 5.41) is 8.59. The molecule has 2 heteroatoms. The molecule has 1 fully saturated rings. The van der Waals surface area contributed by atoms with Gasteiger partial charge in [-0.1, -0.05) is 64.7 Å². The van der Waals surface area contributed by atoms with Crippen molar-refractivity contribution in [3.05, 3.63) is 0 Å². The van der Waals surface area contributed by atoms with E-state index in [0.717, 1.165) is 24.7 Å². The number of hydrogen-bond acceptors (Lipinski definition) is 1. The maximum atomic E-state index is 10.4. The second kappa shape index (κ2) is 10.3. The van der Waals surface area contributed by atoms with Crippen molar-refractivity contribution in [3.63, 3.8) is 0 Å².